The Labute approximate surface area is 119 Å². The first kappa shape index (κ1) is 14.0. The van der Waals surface area contributed by atoms with Crippen molar-refractivity contribution in [1.82, 2.24) is 5.32 Å². The highest BCUT2D eigenvalue weighted by atomic mass is 35.5. The highest BCUT2D eigenvalue weighted by Crippen LogP contribution is 2.29. The van der Waals surface area contributed by atoms with Crippen LogP contribution in [0.4, 0.5) is 5.69 Å². The molecule has 0 spiro atoms. The Morgan fingerprint density at radius 2 is 2.33 bits per heavy atom. The zero-order valence-electron chi connectivity index (χ0n) is 11.1. The average molecular weight is 285 g/mol. The van der Waals surface area contributed by atoms with E-state index in [1.807, 2.05) is 6.07 Å². The number of nitrogens with zero attached hydrogens (tertiary/aromatic N) is 1. The van der Waals surface area contributed by atoms with Crippen molar-refractivity contribution in [3.05, 3.63) is 28.8 Å². The van der Waals surface area contributed by atoms with E-state index in [0.29, 0.717) is 5.25 Å². The van der Waals surface area contributed by atoms with E-state index in [0.717, 1.165) is 31.2 Å². The Morgan fingerprint density at radius 1 is 1.50 bits per heavy atom. The van der Waals surface area contributed by atoms with Gasteiger partial charge >= 0.3 is 0 Å². The largest absolute Gasteiger partial charge is 0.369 e. The maximum absolute atomic E-state index is 6.15. The minimum absolute atomic E-state index is 0.699. The van der Waals surface area contributed by atoms with Gasteiger partial charge in [-0.1, -0.05) is 31.5 Å². The van der Waals surface area contributed by atoms with Crippen LogP contribution < -0.4 is 10.2 Å². The Morgan fingerprint density at radius 3 is 3.06 bits per heavy atom. The van der Waals surface area contributed by atoms with Gasteiger partial charge < -0.3 is 10.2 Å². The summed E-state index contributed by atoms with van der Waals surface area (Å²) in [4.78, 5) is 2.47. The van der Waals surface area contributed by atoms with Gasteiger partial charge in [-0.05, 0) is 24.2 Å². The maximum atomic E-state index is 6.15. The summed E-state index contributed by atoms with van der Waals surface area (Å²) in [5.41, 5.74) is 2.65. The zero-order chi connectivity index (χ0) is 13.0. The molecular formula is C14H21ClN2S. The van der Waals surface area contributed by atoms with Crippen LogP contribution in [0.1, 0.15) is 19.4 Å². The lowest BCUT2D eigenvalue weighted by Crippen LogP contribution is -2.37. The van der Waals surface area contributed by atoms with Gasteiger partial charge in [-0.25, -0.2) is 0 Å². The van der Waals surface area contributed by atoms with Crippen LogP contribution in [0, 0.1) is 0 Å². The topological polar surface area (TPSA) is 15.3 Å². The molecular weight excluding hydrogens is 264 g/mol. The first-order valence-corrected chi connectivity index (χ1v) is 7.99. The minimum Gasteiger partial charge on any atom is -0.369 e. The van der Waals surface area contributed by atoms with E-state index in [1.54, 1.807) is 0 Å². The Kier molecular flexibility index (Phi) is 5.22. The third kappa shape index (κ3) is 3.56. The van der Waals surface area contributed by atoms with Gasteiger partial charge in [0.15, 0.2) is 0 Å². The molecule has 1 N–H and O–H groups in total. The molecule has 1 unspecified atom stereocenters. The van der Waals surface area contributed by atoms with Crippen LogP contribution in [0.15, 0.2) is 18.2 Å². The van der Waals surface area contributed by atoms with Crippen molar-refractivity contribution in [3.63, 3.8) is 0 Å². The number of benzene rings is 1. The molecule has 18 heavy (non-hydrogen) atoms. The van der Waals surface area contributed by atoms with Crippen molar-refractivity contribution in [2.24, 2.45) is 0 Å². The molecule has 1 aliphatic rings. The molecule has 1 aromatic carbocycles. The second-order valence-electron chi connectivity index (χ2n) is 4.68. The monoisotopic (exact) mass is 284 g/mol. The van der Waals surface area contributed by atoms with Crippen molar-refractivity contribution < 1.29 is 0 Å². The molecule has 1 aliphatic heterocycles. The quantitative estimate of drug-likeness (QED) is 0.912. The van der Waals surface area contributed by atoms with E-state index in [9.17, 15) is 0 Å². The Hall–Kier alpha value is -0.380. The van der Waals surface area contributed by atoms with Crippen LogP contribution in [-0.2, 0) is 6.54 Å². The van der Waals surface area contributed by atoms with Crippen molar-refractivity contribution >= 4 is 29.1 Å². The molecule has 0 aliphatic carbocycles. The second kappa shape index (κ2) is 6.69. The molecule has 0 bridgehead atoms. The zero-order valence-corrected chi connectivity index (χ0v) is 12.7. The summed E-state index contributed by atoms with van der Waals surface area (Å²) in [6.45, 7) is 8.58. The number of rotatable bonds is 4. The van der Waals surface area contributed by atoms with Gasteiger partial charge in [-0.2, -0.15) is 11.8 Å². The maximum Gasteiger partial charge on any atom is 0.0427 e. The number of nitrogens with one attached hydrogen (secondary N) is 1. The predicted octanol–water partition coefficient (Wildman–Crippen LogP) is 3.39. The minimum atomic E-state index is 0.699. The fourth-order valence-electron chi connectivity index (χ4n) is 2.28. The second-order valence-corrected chi connectivity index (χ2v) is 6.66. The van der Waals surface area contributed by atoms with E-state index >= 15 is 0 Å². The van der Waals surface area contributed by atoms with Crippen LogP contribution >= 0.6 is 23.4 Å². The third-order valence-electron chi connectivity index (χ3n) is 3.19. The SMILES string of the molecule is CCNCc1ccc(Cl)cc1N1CCSC(C)C1. The number of hydrogen-bond donors (Lipinski definition) is 1. The van der Waals surface area contributed by atoms with E-state index in [-0.39, 0.29) is 0 Å². The van der Waals surface area contributed by atoms with Crippen LogP contribution in [0.25, 0.3) is 0 Å². The smallest absolute Gasteiger partial charge is 0.0427 e. The molecule has 0 amide bonds. The lowest BCUT2D eigenvalue weighted by molar-refractivity contribution is 0.715. The molecule has 1 aromatic rings. The molecule has 0 radical (unpaired) electrons. The average Bonchev–Trinajstić information content (AvgIpc) is 2.37. The van der Waals surface area contributed by atoms with Crippen LogP contribution in [0.2, 0.25) is 5.02 Å². The Balaban J connectivity index is 2.20. The Bertz CT molecular complexity index is 397. The van der Waals surface area contributed by atoms with Crippen molar-refractivity contribution in [3.8, 4) is 0 Å². The summed E-state index contributed by atoms with van der Waals surface area (Å²) in [7, 11) is 0. The van der Waals surface area contributed by atoms with Crippen LogP contribution in [0.3, 0.4) is 0 Å². The van der Waals surface area contributed by atoms with Gasteiger partial charge in [0.1, 0.15) is 0 Å². The van der Waals surface area contributed by atoms with Crippen molar-refractivity contribution in [2.75, 3.05) is 30.3 Å². The first-order chi connectivity index (χ1) is 8.70. The summed E-state index contributed by atoms with van der Waals surface area (Å²) in [5.74, 6) is 1.20. The molecule has 2 rings (SSSR count). The fourth-order valence-corrected chi connectivity index (χ4v) is 3.46. The highest BCUT2D eigenvalue weighted by Gasteiger charge is 2.19. The number of anilines is 1. The summed E-state index contributed by atoms with van der Waals surface area (Å²) in [6.07, 6.45) is 0. The standard InChI is InChI=1S/C14H21ClN2S/c1-3-16-9-12-4-5-13(15)8-14(12)17-6-7-18-11(2)10-17/h4-5,8,11,16H,3,6-7,9-10H2,1-2H3. The molecule has 1 heterocycles. The van der Waals surface area contributed by atoms with E-state index in [4.69, 9.17) is 11.6 Å². The molecule has 4 heteroatoms. The van der Waals surface area contributed by atoms with Gasteiger partial charge in [0, 0.05) is 41.3 Å². The lowest BCUT2D eigenvalue weighted by Gasteiger charge is -2.34. The van der Waals surface area contributed by atoms with Gasteiger partial charge in [0.2, 0.25) is 0 Å². The number of halogens is 1. The van der Waals surface area contributed by atoms with Gasteiger partial charge in [0.05, 0.1) is 0 Å². The fraction of sp³-hybridized carbons (Fsp3) is 0.571. The summed E-state index contributed by atoms with van der Waals surface area (Å²) < 4.78 is 0. The summed E-state index contributed by atoms with van der Waals surface area (Å²) in [6, 6.07) is 6.24. The normalized spacial score (nSPS) is 20.2. The predicted molar refractivity (Wildman–Crippen MR) is 83.0 cm³/mol. The van der Waals surface area contributed by atoms with Crippen LogP contribution in [-0.4, -0.2) is 30.6 Å². The van der Waals surface area contributed by atoms with Crippen LogP contribution in [0.5, 0.6) is 0 Å². The molecule has 1 atom stereocenters. The molecule has 1 saturated heterocycles. The van der Waals surface area contributed by atoms with Gasteiger partial charge in [0.25, 0.3) is 0 Å². The van der Waals surface area contributed by atoms with E-state index in [1.165, 1.54) is 17.0 Å². The van der Waals surface area contributed by atoms with Gasteiger partial charge in [-0.3, -0.25) is 0 Å². The van der Waals surface area contributed by atoms with E-state index < -0.39 is 0 Å². The van der Waals surface area contributed by atoms with Crippen molar-refractivity contribution in [2.45, 2.75) is 25.6 Å². The molecule has 100 valence electrons. The highest BCUT2D eigenvalue weighted by molar-refractivity contribution is 8.00. The molecule has 0 aromatic heterocycles. The summed E-state index contributed by atoms with van der Waals surface area (Å²) >= 11 is 8.21. The van der Waals surface area contributed by atoms with Crippen molar-refractivity contribution in [1.29, 1.82) is 0 Å². The number of hydrogen-bond acceptors (Lipinski definition) is 3. The first-order valence-electron chi connectivity index (χ1n) is 6.56. The molecule has 1 fully saturated rings. The molecule has 0 saturated carbocycles. The van der Waals surface area contributed by atoms with Gasteiger partial charge in [-0.15, -0.1) is 0 Å². The summed E-state index contributed by atoms with van der Waals surface area (Å²) in [5, 5.41) is 4.93. The lowest BCUT2D eigenvalue weighted by atomic mass is 10.1. The molecule has 2 nitrogen and oxygen atoms in total. The van der Waals surface area contributed by atoms with E-state index in [2.05, 4.69) is 48.0 Å². The third-order valence-corrected chi connectivity index (χ3v) is 4.57. The number of thioether (sulfide) groups is 1.